The largest absolute Gasteiger partial charge is 0.493 e. The summed E-state index contributed by atoms with van der Waals surface area (Å²) in [4.78, 5) is 0.0776. The van der Waals surface area contributed by atoms with E-state index in [0.29, 0.717) is 17.9 Å². The quantitative estimate of drug-likeness (QED) is 0.539. The molecule has 2 aromatic carbocycles. The lowest BCUT2D eigenvalue weighted by molar-refractivity contribution is 0.354. The van der Waals surface area contributed by atoms with Crippen molar-refractivity contribution in [3.8, 4) is 11.5 Å². The third kappa shape index (κ3) is 6.22. The molecule has 1 saturated carbocycles. The predicted octanol–water partition coefficient (Wildman–Crippen LogP) is 2.84. The lowest BCUT2D eigenvalue weighted by Gasteiger charge is -2.22. The zero-order chi connectivity index (χ0) is 23.2. The first-order valence-corrected chi connectivity index (χ1v) is 13.5. The summed E-state index contributed by atoms with van der Waals surface area (Å²) < 4.78 is 66.1. The molecular formula is C22H30N2O6S2. The molecule has 3 rings (SSSR count). The van der Waals surface area contributed by atoms with E-state index in [2.05, 4.69) is 9.44 Å². The minimum Gasteiger partial charge on any atom is -0.493 e. The zero-order valence-corrected chi connectivity index (χ0v) is 20.0. The van der Waals surface area contributed by atoms with E-state index in [-0.39, 0.29) is 22.4 Å². The number of sulfonamides is 2. The summed E-state index contributed by atoms with van der Waals surface area (Å²) in [6.07, 6.45) is 5.27. The van der Waals surface area contributed by atoms with Crippen LogP contribution in [0.3, 0.4) is 0 Å². The second-order valence-electron chi connectivity index (χ2n) is 7.76. The fourth-order valence-corrected chi connectivity index (χ4v) is 6.09. The van der Waals surface area contributed by atoms with Crippen molar-refractivity contribution in [2.45, 2.75) is 54.4 Å². The highest BCUT2D eigenvalue weighted by Gasteiger charge is 2.22. The van der Waals surface area contributed by atoms with Gasteiger partial charge in [0.25, 0.3) is 0 Å². The molecule has 0 atom stereocenters. The van der Waals surface area contributed by atoms with Gasteiger partial charge in [-0.1, -0.05) is 25.3 Å². The molecule has 0 aliphatic heterocycles. The summed E-state index contributed by atoms with van der Waals surface area (Å²) in [5.41, 5.74) is 0.889. The SMILES string of the molecule is COc1ccc(CCNS(=O)(=O)c2ccc(S(=O)(=O)NC3CCCCC3)cc2)cc1OC. The normalized spacial score (nSPS) is 15.4. The van der Waals surface area contributed by atoms with Crippen LogP contribution in [0, 0.1) is 0 Å². The molecule has 0 amide bonds. The summed E-state index contributed by atoms with van der Waals surface area (Å²) in [5, 5.41) is 0. The van der Waals surface area contributed by atoms with Gasteiger partial charge >= 0.3 is 0 Å². The van der Waals surface area contributed by atoms with E-state index in [1.807, 2.05) is 6.07 Å². The number of methoxy groups -OCH3 is 2. The van der Waals surface area contributed by atoms with Crippen molar-refractivity contribution < 1.29 is 26.3 Å². The number of hydrogen-bond acceptors (Lipinski definition) is 6. The molecule has 1 aliphatic carbocycles. The predicted molar refractivity (Wildman–Crippen MR) is 122 cm³/mol. The van der Waals surface area contributed by atoms with E-state index in [1.54, 1.807) is 26.4 Å². The standard InChI is InChI=1S/C22H30N2O6S2/c1-29-21-13-8-17(16-22(21)30-2)14-15-23-31(25,26)19-9-11-20(12-10-19)32(27,28)24-18-6-4-3-5-7-18/h8-13,16,18,23-24H,3-7,14-15H2,1-2H3. The van der Waals surface area contributed by atoms with Gasteiger partial charge in [0, 0.05) is 12.6 Å². The Hall–Kier alpha value is -2.14. The summed E-state index contributed by atoms with van der Waals surface area (Å²) in [7, 11) is -4.35. The average Bonchev–Trinajstić information content (AvgIpc) is 2.79. The third-order valence-electron chi connectivity index (χ3n) is 5.53. The van der Waals surface area contributed by atoms with Gasteiger partial charge in [-0.25, -0.2) is 26.3 Å². The van der Waals surface area contributed by atoms with Gasteiger partial charge in [-0.2, -0.15) is 0 Å². The number of nitrogens with one attached hydrogen (secondary N) is 2. The maximum atomic E-state index is 12.6. The monoisotopic (exact) mass is 482 g/mol. The molecule has 0 bridgehead atoms. The molecule has 176 valence electrons. The topological polar surface area (TPSA) is 111 Å². The first-order chi connectivity index (χ1) is 15.2. The molecule has 0 radical (unpaired) electrons. The second kappa shape index (κ2) is 10.7. The third-order valence-corrected chi connectivity index (χ3v) is 8.54. The maximum absolute atomic E-state index is 12.6. The molecule has 10 heteroatoms. The van der Waals surface area contributed by atoms with Crippen molar-refractivity contribution in [2.75, 3.05) is 20.8 Å². The molecule has 32 heavy (non-hydrogen) atoms. The van der Waals surface area contributed by atoms with Crippen LogP contribution < -0.4 is 18.9 Å². The van der Waals surface area contributed by atoms with E-state index in [9.17, 15) is 16.8 Å². The Balaban J connectivity index is 1.61. The molecule has 2 aromatic rings. The van der Waals surface area contributed by atoms with Gasteiger partial charge in [-0.05, 0) is 61.2 Å². The summed E-state index contributed by atoms with van der Waals surface area (Å²) in [6, 6.07) is 10.6. The van der Waals surface area contributed by atoms with Crippen LogP contribution in [0.5, 0.6) is 11.5 Å². The lowest BCUT2D eigenvalue weighted by atomic mass is 9.96. The number of benzene rings is 2. The Bertz CT molecular complexity index is 1110. The van der Waals surface area contributed by atoms with Crippen molar-refractivity contribution in [1.29, 1.82) is 0 Å². The van der Waals surface area contributed by atoms with E-state index >= 15 is 0 Å². The average molecular weight is 483 g/mol. The van der Waals surface area contributed by atoms with Gasteiger partial charge in [0.2, 0.25) is 20.0 Å². The van der Waals surface area contributed by atoms with Gasteiger partial charge in [0.15, 0.2) is 11.5 Å². The highest BCUT2D eigenvalue weighted by molar-refractivity contribution is 7.90. The fraction of sp³-hybridized carbons (Fsp3) is 0.455. The van der Waals surface area contributed by atoms with E-state index < -0.39 is 20.0 Å². The Morgan fingerprint density at radius 1 is 0.812 bits per heavy atom. The van der Waals surface area contributed by atoms with Gasteiger partial charge in [0.05, 0.1) is 24.0 Å². The highest BCUT2D eigenvalue weighted by atomic mass is 32.2. The Morgan fingerprint density at radius 2 is 1.41 bits per heavy atom. The molecule has 0 spiro atoms. The van der Waals surface area contributed by atoms with Crippen molar-refractivity contribution >= 4 is 20.0 Å². The van der Waals surface area contributed by atoms with Crippen molar-refractivity contribution in [3.63, 3.8) is 0 Å². The first kappa shape index (κ1) is 24.5. The summed E-state index contributed by atoms with van der Waals surface area (Å²) >= 11 is 0. The number of hydrogen-bond donors (Lipinski definition) is 2. The van der Waals surface area contributed by atoms with Crippen LogP contribution in [-0.4, -0.2) is 43.6 Å². The molecule has 0 unspecified atom stereocenters. The van der Waals surface area contributed by atoms with Gasteiger partial charge in [-0.3, -0.25) is 0 Å². The molecule has 2 N–H and O–H groups in total. The van der Waals surface area contributed by atoms with Crippen LogP contribution >= 0.6 is 0 Å². The fourth-order valence-electron chi connectivity index (χ4n) is 3.76. The molecule has 0 saturated heterocycles. The Kier molecular flexibility index (Phi) is 8.16. The van der Waals surface area contributed by atoms with Crippen LogP contribution in [-0.2, 0) is 26.5 Å². The van der Waals surface area contributed by atoms with Crippen molar-refractivity contribution in [3.05, 3.63) is 48.0 Å². The van der Waals surface area contributed by atoms with Gasteiger partial charge < -0.3 is 9.47 Å². The molecule has 0 heterocycles. The highest BCUT2D eigenvalue weighted by Crippen LogP contribution is 2.27. The Labute approximate surface area is 190 Å². The maximum Gasteiger partial charge on any atom is 0.240 e. The number of ether oxygens (including phenoxy) is 2. The minimum absolute atomic E-state index is 0.0152. The van der Waals surface area contributed by atoms with Crippen molar-refractivity contribution in [2.24, 2.45) is 0 Å². The van der Waals surface area contributed by atoms with Crippen molar-refractivity contribution in [1.82, 2.24) is 9.44 Å². The van der Waals surface area contributed by atoms with Gasteiger partial charge in [-0.15, -0.1) is 0 Å². The molecular weight excluding hydrogens is 452 g/mol. The summed E-state index contributed by atoms with van der Waals surface area (Å²) in [6.45, 7) is 0.182. The number of rotatable bonds is 10. The Morgan fingerprint density at radius 3 is 2.00 bits per heavy atom. The minimum atomic E-state index is -3.77. The first-order valence-electron chi connectivity index (χ1n) is 10.6. The van der Waals surface area contributed by atoms with Crippen LogP contribution in [0.1, 0.15) is 37.7 Å². The van der Waals surface area contributed by atoms with Gasteiger partial charge in [0.1, 0.15) is 0 Å². The van der Waals surface area contributed by atoms with Crippen LogP contribution in [0.15, 0.2) is 52.3 Å². The van der Waals surface area contributed by atoms with E-state index in [0.717, 1.165) is 37.7 Å². The van der Waals surface area contributed by atoms with E-state index in [1.165, 1.54) is 24.3 Å². The second-order valence-corrected chi connectivity index (χ2v) is 11.2. The summed E-state index contributed by atoms with van der Waals surface area (Å²) in [5.74, 6) is 1.18. The van der Waals surface area contributed by atoms with E-state index in [4.69, 9.17) is 9.47 Å². The molecule has 8 nitrogen and oxygen atoms in total. The molecule has 1 aliphatic rings. The zero-order valence-electron chi connectivity index (χ0n) is 18.3. The molecule has 1 fully saturated rings. The molecule has 0 aromatic heterocycles. The van der Waals surface area contributed by atoms with Crippen LogP contribution in [0.4, 0.5) is 0 Å². The lowest BCUT2D eigenvalue weighted by Crippen LogP contribution is -2.36. The van der Waals surface area contributed by atoms with Crippen LogP contribution in [0.2, 0.25) is 0 Å². The van der Waals surface area contributed by atoms with Crippen LogP contribution in [0.25, 0.3) is 0 Å². The smallest absolute Gasteiger partial charge is 0.240 e.